The lowest BCUT2D eigenvalue weighted by molar-refractivity contribution is -0.689. The first kappa shape index (κ1) is 10.3. The summed E-state index contributed by atoms with van der Waals surface area (Å²) in [6, 6.07) is 0. The van der Waals surface area contributed by atoms with Gasteiger partial charge < -0.3 is 0 Å². The molecule has 1 fully saturated rings. The highest BCUT2D eigenvalue weighted by Gasteiger charge is 2.40. The molecule has 1 aliphatic heterocycles. The maximum Gasteiger partial charge on any atom is 0.304 e. The summed E-state index contributed by atoms with van der Waals surface area (Å²) < 4.78 is 0. The average molecular weight is 200 g/mol. The number of hydrazine groups is 1. The van der Waals surface area contributed by atoms with E-state index < -0.39 is 24.3 Å². The van der Waals surface area contributed by atoms with Crippen LogP contribution in [0, 0.1) is 4.91 Å². The maximum absolute atomic E-state index is 11.1. The Balaban J connectivity index is 2.86. The molecule has 1 rings (SSSR count). The summed E-state index contributed by atoms with van der Waals surface area (Å²) in [5.41, 5.74) is 0. The van der Waals surface area contributed by atoms with Crippen molar-refractivity contribution in [1.82, 2.24) is 9.91 Å². The van der Waals surface area contributed by atoms with Gasteiger partial charge in [-0.15, -0.1) is 0 Å². The zero-order chi connectivity index (χ0) is 10.9. The van der Waals surface area contributed by atoms with Gasteiger partial charge in [-0.2, -0.15) is 0 Å². The molecule has 0 saturated carbocycles. The highest BCUT2D eigenvalue weighted by atomic mass is 16.3. The number of hydrogen-bond donors (Lipinski definition) is 0. The number of nitrogens with zero attached hydrogens (tertiary/aromatic N) is 3. The van der Waals surface area contributed by atoms with E-state index in [1.807, 2.05) is 0 Å². The highest BCUT2D eigenvalue weighted by Crippen LogP contribution is 2.05. The maximum atomic E-state index is 11.1. The Bertz CT molecular complexity index is 295. The highest BCUT2D eigenvalue weighted by molar-refractivity contribution is 5.95. The summed E-state index contributed by atoms with van der Waals surface area (Å²) in [5.74, 6) is -1.57. The van der Waals surface area contributed by atoms with E-state index in [1.54, 1.807) is 0 Å². The molecule has 0 N–H and O–H groups in total. The lowest BCUT2D eigenvalue weighted by Crippen LogP contribution is -2.57. The van der Waals surface area contributed by atoms with Crippen molar-refractivity contribution in [3.63, 3.8) is 0 Å². The van der Waals surface area contributed by atoms with Crippen molar-refractivity contribution in [3.05, 3.63) is 4.91 Å². The third-order valence-electron chi connectivity index (χ3n) is 1.86. The Morgan fingerprint density at radius 2 is 1.86 bits per heavy atom. The molecule has 0 atom stereocenters. The monoisotopic (exact) mass is 200 g/mol. The lowest BCUT2D eigenvalue weighted by Gasteiger charge is -2.24. The first-order valence-electron chi connectivity index (χ1n) is 3.97. The van der Waals surface area contributed by atoms with Crippen molar-refractivity contribution in [2.75, 3.05) is 13.2 Å². The number of carbonyl (C=O) groups is 3. The minimum atomic E-state index is -0.593. The van der Waals surface area contributed by atoms with Crippen LogP contribution in [0.4, 0.5) is 0 Å². The molecule has 0 aliphatic carbocycles. The number of rotatable bonds is 0. The Morgan fingerprint density at radius 3 is 2.29 bits per heavy atom. The van der Waals surface area contributed by atoms with Crippen LogP contribution in [0.15, 0.2) is 0 Å². The second-order valence-electron chi connectivity index (χ2n) is 2.91. The van der Waals surface area contributed by atoms with Crippen LogP contribution in [0.1, 0.15) is 13.8 Å². The van der Waals surface area contributed by atoms with Crippen LogP contribution >= 0.6 is 0 Å². The van der Waals surface area contributed by atoms with Crippen LogP contribution in [0.25, 0.3) is 0 Å². The molecule has 0 aromatic rings. The molecule has 0 aromatic heterocycles. The molecule has 0 spiro atoms. The molecule has 1 saturated heterocycles. The van der Waals surface area contributed by atoms with Crippen molar-refractivity contribution < 1.29 is 19.3 Å². The summed E-state index contributed by atoms with van der Waals surface area (Å²) in [4.78, 5) is 45.2. The fourth-order valence-corrected chi connectivity index (χ4v) is 1.10. The fraction of sp³-hybridized carbons (Fsp3) is 0.571. The van der Waals surface area contributed by atoms with E-state index in [4.69, 9.17) is 0 Å². The van der Waals surface area contributed by atoms with Gasteiger partial charge in [0.05, 0.1) is 4.91 Å². The van der Waals surface area contributed by atoms with Gasteiger partial charge in [-0.3, -0.25) is 19.3 Å². The standard InChI is InChI=1S/C7H10N3O4/c1-5(11)8-4-9(6(2)12)10(14)3-7(8)13/h3-4H2,1-2H3/q+1. The van der Waals surface area contributed by atoms with E-state index in [1.165, 1.54) is 13.8 Å². The minimum Gasteiger partial charge on any atom is -0.275 e. The minimum absolute atomic E-state index is 0.254. The summed E-state index contributed by atoms with van der Waals surface area (Å²) in [7, 11) is 0. The van der Waals surface area contributed by atoms with Gasteiger partial charge in [-0.05, 0) is 0 Å². The smallest absolute Gasteiger partial charge is 0.275 e. The molecule has 76 valence electrons. The van der Waals surface area contributed by atoms with Crippen molar-refractivity contribution in [1.29, 1.82) is 0 Å². The van der Waals surface area contributed by atoms with Crippen LogP contribution in [0.5, 0.6) is 0 Å². The first-order chi connectivity index (χ1) is 6.43. The molecular weight excluding hydrogens is 190 g/mol. The predicted molar refractivity (Wildman–Crippen MR) is 43.4 cm³/mol. The van der Waals surface area contributed by atoms with Crippen molar-refractivity contribution in [2.24, 2.45) is 0 Å². The Morgan fingerprint density at radius 1 is 1.29 bits per heavy atom. The Kier molecular flexibility index (Phi) is 2.59. The summed E-state index contributed by atoms with van der Waals surface area (Å²) in [5, 5.41) is 0.794. The first-order valence-corrected chi connectivity index (χ1v) is 3.97. The van der Waals surface area contributed by atoms with Crippen molar-refractivity contribution in [2.45, 2.75) is 13.8 Å². The normalized spacial score (nSPS) is 17.3. The van der Waals surface area contributed by atoms with Crippen LogP contribution in [0.2, 0.25) is 0 Å². The molecule has 0 unspecified atom stereocenters. The number of hydrogen-bond acceptors (Lipinski definition) is 4. The van der Waals surface area contributed by atoms with Crippen molar-refractivity contribution in [3.8, 4) is 0 Å². The van der Waals surface area contributed by atoms with E-state index >= 15 is 0 Å². The van der Waals surface area contributed by atoms with E-state index in [0.29, 0.717) is 0 Å². The molecule has 0 radical (unpaired) electrons. The molecule has 3 amide bonds. The van der Waals surface area contributed by atoms with Gasteiger partial charge in [-0.1, -0.05) is 5.01 Å². The fourth-order valence-electron chi connectivity index (χ4n) is 1.10. The number of imide groups is 1. The van der Waals surface area contributed by atoms with Gasteiger partial charge in [0.15, 0.2) is 6.67 Å². The lowest BCUT2D eigenvalue weighted by atomic mass is 10.4. The van der Waals surface area contributed by atoms with Gasteiger partial charge in [0, 0.05) is 13.8 Å². The van der Waals surface area contributed by atoms with Crippen LogP contribution in [-0.4, -0.2) is 45.7 Å². The molecule has 0 aromatic carbocycles. The van der Waals surface area contributed by atoms with Gasteiger partial charge in [0.2, 0.25) is 5.91 Å². The quantitative estimate of drug-likeness (QED) is 0.464. The van der Waals surface area contributed by atoms with Gasteiger partial charge >= 0.3 is 12.5 Å². The Labute approximate surface area is 79.8 Å². The van der Waals surface area contributed by atoms with E-state index in [0.717, 1.165) is 9.91 Å². The molecule has 0 bridgehead atoms. The molecule has 14 heavy (non-hydrogen) atoms. The van der Waals surface area contributed by atoms with E-state index in [9.17, 15) is 19.3 Å². The second kappa shape index (κ2) is 3.52. The zero-order valence-corrected chi connectivity index (χ0v) is 7.89. The largest absolute Gasteiger partial charge is 0.304 e. The third kappa shape index (κ3) is 1.76. The van der Waals surface area contributed by atoms with E-state index in [2.05, 4.69) is 0 Å². The third-order valence-corrected chi connectivity index (χ3v) is 1.86. The van der Waals surface area contributed by atoms with Gasteiger partial charge in [0.25, 0.3) is 5.91 Å². The Hall–Kier alpha value is -1.79. The molecule has 7 heteroatoms. The van der Waals surface area contributed by atoms with Crippen molar-refractivity contribution >= 4 is 17.7 Å². The SMILES string of the molecule is CC(=O)N1CN(C(C)=O)[N+](=O)CC1=O. The second-order valence-corrected chi connectivity index (χ2v) is 2.91. The zero-order valence-electron chi connectivity index (χ0n) is 7.89. The number of nitroso groups, excluding NO2 is 1. The molecule has 1 heterocycles. The molecular formula is C7H10N3O4+. The van der Waals surface area contributed by atoms with Gasteiger partial charge in [-0.25, -0.2) is 0 Å². The van der Waals surface area contributed by atoms with Gasteiger partial charge in [0.1, 0.15) is 4.87 Å². The predicted octanol–water partition coefficient (Wildman–Crippen LogP) is -1.12. The summed E-state index contributed by atoms with van der Waals surface area (Å²) >= 11 is 0. The summed E-state index contributed by atoms with van der Waals surface area (Å²) in [6.45, 7) is 1.60. The van der Waals surface area contributed by atoms with Crippen LogP contribution < -0.4 is 0 Å². The molecule has 7 nitrogen and oxygen atoms in total. The topological polar surface area (TPSA) is 77.8 Å². The number of amides is 3. The van der Waals surface area contributed by atoms with Crippen LogP contribution in [0.3, 0.4) is 0 Å². The van der Waals surface area contributed by atoms with E-state index in [-0.39, 0.29) is 11.5 Å². The summed E-state index contributed by atoms with van der Waals surface area (Å²) in [6.07, 6.45) is 0. The number of carbonyl (C=O) groups excluding carboxylic acids is 3. The van der Waals surface area contributed by atoms with Crippen LogP contribution in [-0.2, 0) is 14.4 Å². The molecule has 1 aliphatic rings. The average Bonchev–Trinajstić information content (AvgIpc) is 2.02.